The summed E-state index contributed by atoms with van der Waals surface area (Å²) >= 11 is 0. The summed E-state index contributed by atoms with van der Waals surface area (Å²) < 4.78 is 24.7. The molecular formula is C6H10F2N. The van der Waals surface area contributed by atoms with Gasteiger partial charge in [0, 0.05) is 6.42 Å². The van der Waals surface area contributed by atoms with E-state index in [1.54, 1.807) is 11.9 Å². The number of alkyl halides is 2. The zero-order valence-electron chi connectivity index (χ0n) is 5.40. The van der Waals surface area contributed by atoms with Gasteiger partial charge in [0.25, 0.3) is 5.92 Å². The quantitative estimate of drug-likeness (QED) is 0.480. The van der Waals surface area contributed by atoms with E-state index in [2.05, 4.69) is 0 Å². The van der Waals surface area contributed by atoms with Gasteiger partial charge in [0.15, 0.2) is 0 Å². The summed E-state index contributed by atoms with van der Waals surface area (Å²) in [6.45, 7) is 0.641. The smallest absolute Gasteiger partial charge is 0.263 e. The molecule has 0 N–H and O–H groups in total. The second-order valence-electron chi connectivity index (χ2n) is 2.49. The third kappa shape index (κ3) is 1.90. The number of piperidine rings is 1. The predicted molar refractivity (Wildman–Crippen MR) is 31.4 cm³/mol. The minimum absolute atomic E-state index is 0.118. The normalized spacial score (nSPS) is 28.3. The van der Waals surface area contributed by atoms with Crippen molar-refractivity contribution in [1.29, 1.82) is 0 Å². The summed E-state index contributed by atoms with van der Waals surface area (Å²) in [4.78, 5) is 1.64. The molecule has 0 spiro atoms. The first-order valence-corrected chi connectivity index (χ1v) is 3.01. The Morgan fingerprint density at radius 1 is 1.56 bits per heavy atom. The number of rotatable bonds is 0. The highest BCUT2D eigenvalue weighted by atomic mass is 19.3. The van der Waals surface area contributed by atoms with Gasteiger partial charge < -0.3 is 4.90 Å². The van der Waals surface area contributed by atoms with Crippen LogP contribution in [0.1, 0.15) is 6.42 Å². The molecule has 9 heavy (non-hydrogen) atoms. The van der Waals surface area contributed by atoms with Crippen LogP contribution < -0.4 is 0 Å². The topological polar surface area (TPSA) is 3.24 Å². The Morgan fingerprint density at radius 3 is 2.56 bits per heavy atom. The van der Waals surface area contributed by atoms with Crippen LogP contribution in [0.5, 0.6) is 0 Å². The van der Waals surface area contributed by atoms with Gasteiger partial charge in [0.2, 0.25) is 0 Å². The fourth-order valence-electron chi connectivity index (χ4n) is 1.000. The first kappa shape index (κ1) is 6.93. The molecule has 3 heteroatoms. The molecule has 0 saturated carbocycles. The Hall–Kier alpha value is -0.180. The number of halogens is 2. The van der Waals surface area contributed by atoms with E-state index in [0.29, 0.717) is 6.42 Å². The Morgan fingerprint density at radius 2 is 2.22 bits per heavy atom. The highest BCUT2D eigenvalue weighted by Gasteiger charge is 2.33. The molecule has 0 aromatic rings. The van der Waals surface area contributed by atoms with E-state index in [9.17, 15) is 8.78 Å². The molecule has 1 aliphatic rings. The van der Waals surface area contributed by atoms with Crippen molar-refractivity contribution in [3.63, 3.8) is 0 Å². The molecule has 0 amide bonds. The van der Waals surface area contributed by atoms with Crippen molar-refractivity contribution in [2.75, 3.05) is 20.1 Å². The molecule has 1 rings (SSSR count). The fraction of sp³-hybridized carbons (Fsp3) is 0.833. The highest BCUT2D eigenvalue weighted by molar-refractivity contribution is 4.91. The predicted octanol–water partition coefficient (Wildman–Crippen LogP) is 1.16. The minimum atomic E-state index is -2.55. The Labute approximate surface area is 53.6 Å². The maximum atomic E-state index is 12.4. The van der Waals surface area contributed by atoms with Gasteiger partial charge in [0.1, 0.15) is 0 Å². The second kappa shape index (κ2) is 2.21. The number of hydrogen-bond donors (Lipinski definition) is 0. The van der Waals surface area contributed by atoms with Gasteiger partial charge in [-0.2, -0.15) is 0 Å². The van der Waals surface area contributed by atoms with E-state index in [0.717, 1.165) is 13.0 Å². The van der Waals surface area contributed by atoms with Crippen LogP contribution in [0.3, 0.4) is 0 Å². The summed E-state index contributed by atoms with van der Waals surface area (Å²) in [5.41, 5.74) is 0. The molecule has 0 aromatic carbocycles. The molecule has 1 saturated heterocycles. The molecule has 53 valence electrons. The molecule has 0 unspecified atom stereocenters. The average Bonchev–Trinajstić information content (AvgIpc) is 1.60. The highest BCUT2D eigenvalue weighted by Crippen LogP contribution is 2.23. The average molecular weight is 134 g/mol. The van der Waals surface area contributed by atoms with Crippen LogP contribution in [0.25, 0.3) is 0 Å². The van der Waals surface area contributed by atoms with Crippen molar-refractivity contribution in [3.05, 3.63) is 6.42 Å². The maximum absolute atomic E-state index is 12.4. The number of likely N-dealkylation sites (tertiary alicyclic amines) is 1. The molecular weight excluding hydrogens is 124 g/mol. The van der Waals surface area contributed by atoms with Gasteiger partial charge in [-0.3, -0.25) is 0 Å². The van der Waals surface area contributed by atoms with E-state index < -0.39 is 5.92 Å². The van der Waals surface area contributed by atoms with Crippen LogP contribution in [0, 0.1) is 6.42 Å². The molecule has 1 nitrogen and oxygen atoms in total. The molecule has 0 atom stereocenters. The Balaban J connectivity index is 2.41. The van der Waals surface area contributed by atoms with Gasteiger partial charge in [-0.15, -0.1) is 0 Å². The lowest BCUT2D eigenvalue weighted by Crippen LogP contribution is -2.40. The van der Waals surface area contributed by atoms with Crippen molar-refractivity contribution in [1.82, 2.24) is 4.90 Å². The molecule has 0 aliphatic carbocycles. The molecule has 1 radical (unpaired) electrons. The minimum Gasteiger partial charge on any atom is -0.301 e. The monoisotopic (exact) mass is 134 g/mol. The van der Waals surface area contributed by atoms with E-state index in [1.165, 1.54) is 0 Å². The zero-order chi connectivity index (χ0) is 6.91. The molecule has 1 fully saturated rings. The van der Waals surface area contributed by atoms with Crippen LogP contribution in [-0.2, 0) is 0 Å². The van der Waals surface area contributed by atoms with Crippen LogP contribution in [-0.4, -0.2) is 31.0 Å². The van der Waals surface area contributed by atoms with Gasteiger partial charge >= 0.3 is 0 Å². The Kier molecular flexibility index (Phi) is 1.70. The van der Waals surface area contributed by atoms with Crippen molar-refractivity contribution in [2.45, 2.75) is 12.3 Å². The van der Waals surface area contributed by atoms with E-state index >= 15 is 0 Å². The molecule has 1 aliphatic heterocycles. The third-order valence-electron chi connectivity index (χ3n) is 1.43. The van der Waals surface area contributed by atoms with Gasteiger partial charge in [-0.1, -0.05) is 0 Å². The summed E-state index contributed by atoms with van der Waals surface area (Å²) in [6, 6.07) is 0. The lowest BCUT2D eigenvalue weighted by Gasteiger charge is -2.28. The van der Waals surface area contributed by atoms with E-state index in [1.807, 2.05) is 0 Å². The largest absolute Gasteiger partial charge is 0.301 e. The molecule has 0 bridgehead atoms. The summed E-state index contributed by atoms with van der Waals surface area (Å²) in [6.07, 6.45) is 1.59. The van der Waals surface area contributed by atoms with E-state index in [-0.39, 0.29) is 6.54 Å². The second-order valence-corrected chi connectivity index (χ2v) is 2.49. The lowest BCUT2D eigenvalue weighted by molar-refractivity contribution is -0.0156. The third-order valence-corrected chi connectivity index (χ3v) is 1.43. The van der Waals surface area contributed by atoms with Crippen molar-refractivity contribution in [3.8, 4) is 0 Å². The van der Waals surface area contributed by atoms with Crippen molar-refractivity contribution >= 4 is 0 Å². The lowest BCUT2D eigenvalue weighted by atomic mass is 10.1. The van der Waals surface area contributed by atoms with Gasteiger partial charge in [-0.25, -0.2) is 8.78 Å². The summed E-state index contributed by atoms with van der Waals surface area (Å²) in [5.74, 6) is -2.55. The maximum Gasteiger partial charge on any atom is 0.263 e. The first-order valence-electron chi connectivity index (χ1n) is 3.01. The number of nitrogens with zero attached hydrogens (tertiary/aromatic N) is 1. The standard InChI is InChI=1S/C6H10F2N/c1-9-4-2-3-6(7,8)5-9/h3H,2,4-5H2,1H3. The van der Waals surface area contributed by atoms with Crippen molar-refractivity contribution in [2.24, 2.45) is 0 Å². The van der Waals surface area contributed by atoms with Gasteiger partial charge in [0.05, 0.1) is 6.54 Å². The Bertz CT molecular complexity index is 103. The summed E-state index contributed by atoms with van der Waals surface area (Å²) in [5, 5.41) is 0. The van der Waals surface area contributed by atoms with Crippen LogP contribution in [0.4, 0.5) is 8.78 Å². The van der Waals surface area contributed by atoms with Crippen molar-refractivity contribution < 1.29 is 8.78 Å². The van der Waals surface area contributed by atoms with Crippen LogP contribution in [0.2, 0.25) is 0 Å². The van der Waals surface area contributed by atoms with Crippen LogP contribution >= 0.6 is 0 Å². The molecule has 1 heterocycles. The van der Waals surface area contributed by atoms with Gasteiger partial charge in [-0.05, 0) is 20.0 Å². The van der Waals surface area contributed by atoms with Crippen LogP contribution in [0.15, 0.2) is 0 Å². The van der Waals surface area contributed by atoms with E-state index in [4.69, 9.17) is 0 Å². The zero-order valence-corrected chi connectivity index (χ0v) is 5.40. The summed E-state index contributed by atoms with van der Waals surface area (Å²) in [7, 11) is 1.71. The molecule has 0 aromatic heterocycles. The number of hydrogen-bond acceptors (Lipinski definition) is 1. The fourth-order valence-corrected chi connectivity index (χ4v) is 1.000. The SMILES string of the molecule is CN1CC[CH]C(F)(F)C1. The first-order chi connectivity index (χ1) is 4.10.